The number of alkyl halides is 4. The van der Waals surface area contributed by atoms with E-state index >= 15 is 0 Å². The summed E-state index contributed by atoms with van der Waals surface area (Å²) in [6, 6.07) is 0.559. The summed E-state index contributed by atoms with van der Waals surface area (Å²) in [5, 5.41) is -13.0. The number of halogens is 8. The minimum atomic E-state index is -7.31. The fraction of sp³-hybridized carbons (Fsp3) is 0.200. The second-order valence-corrected chi connectivity index (χ2v) is 7.45. The van der Waals surface area contributed by atoms with Crippen molar-refractivity contribution in [1.29, 1.82) is 0 Å². The Labute approximate surface area is 129 Å². The monoisotopic (exact) mass is 404 g/mol. The highest BCUT2D eigenvalue weighted by molar-refractivity contribution is 7.94. The minimum Gasteiger partial charge on any atom is -0.217 e. The van der Waals surface area contributed by atoms with Gasteiger partial charge in [0.15, 0.2) is 5.83 Å². The van der Waals surface area contributed by atoms with Crippen molar-refractivity contribution in [1.82, 2.24) is 0 Å². The van der Waals surface area contributed by atoms with Crippen LogP contribution in [0.1, 0.15) is 5.56 Å². The van der Waals surface area contributed by atoms with Gasteiger partial charge in [-0.25, -0.2) is 12.8 Å². The predicted octanol–water partition coefficient (Wildman–Crippen LogP) is 3.48. The van der Waals surface area contributed by atoms with Crippen LogP contribution >= 0.6 is 0 Å². The van der Waals surface area contributed by atoms with Gasteiger partial charge in [0.2, 0.25) is 0 Å². The van der Waals surface area contributed by atoms with E-state index in [4.69, 9.17) is 0 Å². The Bertz CT molecular complexity index is 868. The second-order valence-electron chi connectivity index (χ2n) is 4.07. The van der Waals surface area contributed by atoms with E-state index in [1.807, 2.05) is 0 Å². The van der Waals surface area contributed by atoms with E-state index in [0.29, 0.717) is 0 Å². The van der Waals surface area contributed by atoms with Crippen LogP contribution in [0.5, 0.6) is 0 Å². The SMILES string of the molecule is O=S(=O)(F)C(F)(F)C(F)(F)S(=O)(=O)c1ccc(C(F)=C(F)F)cc1. The van der Waals surface area contributed by atoms with Crippen molar-refractivity contribution in [3.8, 4) is 0 Å². The van der Waals surface area contributed by atoms with Crippen molar-refractivity contribution in [3.05, 3.63) is 35.9 Å². The quantitative estimate of drug-likeness (QED) is 0.557. The largest absolute Gasteiger partial charge is 0.451 e. The van der Waals surface area contributed by atoms with Crippen LogP contribution in [0.2, 0.25) is 0 Å². The smallest absolute Gasteiger partial charge is 0.217 e. The molecule has 0 spiro atoms. The third-order valence-electron chi connectivity index (χ3n) is 2.57. The minimum absolute atomic E-state index is 0.0437. The number of benzene rings is 1. The number of sulfone groups is 1. The fourth-order valence-electron chi connectivity index (χ4n) is 1.34. The van der Waals surface area contributed by atoms with E-state index in [1.54, 1.807) is 0 Å². The summed E-state index contributed by atoms with van der Waals surface area (Å²) < 4.78 is 145. The Morgan fingerprint density at radius 1 is 0.792 bits per heavy atom. The van der Waals surface area contributed by atoms with Gasteiger partial charge >= 0.3 is 26.8 Å². The molecule has 0 saturated carbocycles. The summed E-state index contributed by atoms with van der Waals surface area (Å²) in [5.41, 5.74) is -0.970. The van der Waals surface area contributed by atoms with E-state index in [1.165, 1.54) is 0 Å². The van der Waals surface area contributed by atoms with Gasteiger partial charge in [0.25, 0.3) is 9.84 Å². The van der Waals surface area contributed by atoms with E-state index in [9.17, 15) is 51.5 Å². The molecule has 1 aromatic carbocycles. The molecule has 24 heavy (non-hydrogen) atoms. The lowest BCUT2D eigenvalue weighted by molar-refractivity contribution is -0.0992. The molecule has 0 aliphatic carbocycles. The molecule has 0 aliphatic rings. The molecule has 0 aliphatic heterocycles. The maximum atomic E-state index is 13.4. The van der Waals surface area contributed by atoms with Crippen LogP contribution in [0.15, 0.2) is 35.2 Å². The normalized spacial score (nSPS) is 13.7. The highest BCUT2D eigenvalue weighted by atomic mass is 32.3. The topological polar surface area (TPSA) is 68.3 Å². The number of rotatable bonds is 5. The van der Waals surface area contributed by atoms with Crippen molar-refractivity contribution in [2.75, 3.05) is 0 Å². The zero-order valence-electron chi connectivity index (χ0n) is 10.8. The Balaban J connectivity index is 3.48. The summed E-state index contributed by atoms with van der Waals surface area (Å²) in [6.07, 6.45) is -2.83. The molecule has 1 rings (SSSR count). The molecular formula is C10H4F8O4S2. The standard InChI is InChI=1S/C10H4F8O4S2/c11-7(8(12)13)5-1-3-6(4-2-5)23(19,20)9(14,15)10(16,17)24(18,21)22/h1-4H. The Morgan fingerprint density at radius 2 is 1.21 bits per heavy atom. The van der Waals surface area contributed by atoms with Crippen LogP contribution in [0.4, 0.5) is 34.6 Å². The van der Waals surface area contributed by atoms with Gasteiger partial charge < -0.3 is 0 Å². The van der Waals surface area contributed by atoms with Crippen LogP contribution in [-0.4, -0.2) is 27.3 Å². The molecule has 0 N–H and O–H groups in total. The average Bonchev–Trinajstić information content (AvgIpc) is 2.44. The van der Waals surface area contributed by atoms with Gasteiger partial charge in [-0.05, 0) is 12.1 Å². The highest BCUT2D eigenvalue weighted by Gasteiger charge is 2.74. The van der Waals surface area contributed by atoms with Gasteiger partial charge in [0.05, 0.1) is 4.90 Å². The van der Waals surface area contributed by atoms with Crippen LogP contribution in [-0.2, 0) is 20.1 Å². The van der Waals surface area contributed by atoms with Crippen LogP contribution < -0.4 is 0 Å². The molecule has 136 valence electrons. The predicted molar refractivity (Wildman–Crippen MR) is 63.8 cm³/mol. The van der Waals surface area contributed by atoms with Crippen molar-refractivity contribution in [3.63, 3.8) is 0 Å². The molecule has 0 bridgehead atoms. The molecule has 0 atom stereocenters. The summed E-state index contributed by atoms with van der Waals surface area (Å²) in [7, 11) is -13.8. The Kier molecular flexibility index (Phi) is 5.07. The molecule has 0 amide bonds. The highest BCUT2D eigenvalue weighted by Crippen LogP contribution is 2.46. The molecule has 0 aromatic heterocycles. The number of hydrogen-bond acceptors (Lipinski definition) is 4. The molecule has 14 heteroatoms. The van der Waals surface area contributed by atoms with Gasteiger partial charge in [-0.2, -0.15) is 34.8 Å². The molecule has 4 nitrogen and oxygen atoms in total. The third-order valence-corrected chi connectivity index (χ3v) is 5.39. The van der Waals surface area contributed by atoms with Crippen LogP contribution in [0, 0.1) is 0 Å². The van der Waals surface area contributed by atoms with Crippen molar-refractivity contribution < 1.29 is 51.5 Å². The van der Waals surface area contributed by atoms with E-state index in [-0.39, 0.29) is 24.3 Å². The lowest BCUT2D eigenvalue weighted by Crippen LogP contribution is -2.50. The van der Waals surface area contributed by atoms with Gasteiger partial charge in [0.1, 0.15) is 0 Å². The molecule has 0 fully saturated rings. The fourth-order valence-corrected chi connectivity index (χ4v) is 3.35. The zero-order chi connectivity index (χ0) is 19.1. The van der Waals surface area contributed by atoms with Crippen molar-refractivity contribution in [2.24, 2.45) is 0 Å². The first-order chi connectivity index (χ1) is 10.6. The summed E-state index contributed by atoms with van der Waals surface area (Å²) >= 11 is 0. The first-order valence-corrected chi connectivity index (χ1v) is 8.19. The Hall–Kier alpha value is -1.70. The van der Waals surface area contributed by atoms with Crippen LogP contribution in [0.3, 0.4) is 0 Å². The van der Waals surface area contributed by atoms with Gasteiger partial charge in [-0.15, -0.1) is 0 Å². The van der Waals surface area contributed by atoms with Crippen molar-refractivity contribution in [2.45, 2.75) is 15.4 Å². The molecule has 1 aromatic rings. The lowest BCUT2D eigenvalue weighted by atomic mass is 10.2. The lowest BCUT2D eigenvalue weighted by Gasteiger charge is -2.22. The average molecular weight is 404 g/mol. The van der Waals surface area contributed by atoms with Gasteiger partial charge in [0, 0.05) is 5.56 Å². The summed E-state index contributed by atoms with van der Waals surface area (Å²) in [5.74, 6) is -2.14. The maximum absolute atomic E-state index is 13.4. The third kappa shape index (κ3) is 3.11. The summed E-state index contributed by atoms with van der Waals surface area (Å²) in [6.45, 7) is 0. The molecule has 0 saturated heterocycles. The first kappa shape index (κ1) is 20.3. The van der Waals surface area contributed by atoms with Crippen molar-refractivity contribution >= 4 is 25.9 Å². The molecule has 0 unspecified atom stereocenters. The van der Waals surface area contributed by atoms with Gasteiger partial charge in [-0.3, -0.25) is 0 Å². The maximum Gasteiger partial charge on any atom is 0.451 e. The molecule has 0 radical (unpaired) electrons. The van der Waals surface area contributed by atoms with E-state index in [0.717, 1.165) is 0 Å². The van der Waals surface area contributed by atoms with Crippen LogP contribution in [0.25, 0.3) is 5.83 Å². The second kappa shape index (κ2) is 5.98. The zero-order valence-corrected chi connectivity index (χ0v) is 12.4. The van der Waals surface area contributed by atoms with E-state index in [2.05, 4.69) is 0 Å². The Morgan fingerprint density at radius 3 is 1.54 bits per heavy atom. The number of hydrogen-bond donors (Lipinski definition) is 0. The van der Waals surface area contributed by atoms with Gasteiger partial charge in [-0.1, -0.05) is 16.0 Å². The molecular weight excluding hydrogens is 400 g/mol. The van der Waals surface area contributed by atoms with E-state index < -0.39 is 52.9 Å². The summed E-state index contributed by atoms with van der Waals surface area (Å²) in [4.78, 5) is -1.67. The molecule has 0 heterocycles. The first-order valence-electron chi connectivity index (χ1n) is 5.33.